The zero-order valence-electron chi connectivity index (χ0n) is 14.2. The van der Waals surface area contributed by atoms with Crippen LogP contribution in [0.1, 0.15) is 11.1 Å². The van der Waals surface area contributed by atoms with Crippen LogP contribution in [0.4, 0.5) is 0 Å². The Morgan fingerprint density at radius 1 is 1.00 bits per heavy atom. The number of carboxylic acids is 1. The molecule has 0 radical (unpaired) electrons. The van der Waals surface area contributed by atoms with E-state index in [0.717, 1.165) is 11.1 Å². The molecule has 1 aliphatic rings. The van der Waals surface area contributed by atoms with Gasteiger partial charge in [0.05, 0.1) is 19.3 Å². The molecule has 0 saturated carbocycles. The van der Waals surface area contributed by atoms with Crippen LogP contribution in [-0.2, 0) is 32.1 Å². The summed E-state index contributed by atoms with van der Waals surface area (Å²) in [5.41, 5.74) is 2.11. The van der Waals surface area contributed by atoms with Gasteiger partial charge in [0.1, 0.15) is 0 Å². The highest BCUT2D eigenvalue weighted by atomic mass is 16.6. The van der Waals surface area contributed by atoms with Crippen molar-refractivity contribution in [1.82, 2.24) is 5.32 Å². The fraction of sp³-hybridized carbons (Fsp3) is 0.300. The second-order valence-corrected chi connectivity index (χ2v) is 6.21. The van der Waals surface area contributed by atoms with Crippen molar-refractivity contribution in [3.8, 4) is 0 Å². The number of aliphatic carboxylic acids is 1. The first-order chi connectivity index (χ1) is 12.6. The van der Waals surface area contributed by atoms with Crippen LogP contribution in [0, 0.1) is 0 Å². The van der Waals surface area contributed by atoms with Gasteiger partial charge in [0.25, 0.3) is 5.91 Å². The molecule has 2 aromatic rings. The van der Waals surface area contributed by atoms with Gasteiger partial charge in [0.2, 0.25) is 0 Å². The summed E-state index contributed by atoms with van der Waals surface area (Å²) >= 11 is 0. The van der Waals surface area contributed by atoms with E-state index >= 15 is 0 Å². The summed E-state index contributed by atoms with van der Waals surface area (Å²) in [6.45, 7) is 0.764. The molecule has 136 valence electrons. The quantitative estimate of drug-likeness (QED) is 0.670. The SMILES string of the molecule is O=C(O)[C@H]1O[C@@H]1C(=O)NC(COCc1ccccc1)Cc1ccccc1. The molecule has 1 amide bonds. The van der Waals surface area contributed by atoms with Gasteiger partial charge in [-0.15, -0.1) is 0 Å². The van der Waals surface area contributed by atoms with Gasteiger partial charge in [-0.05, 0) is 17.5 Å². The summed E-state index contributed by atoms with van der Waals surface area (Å²) in [4.78, 5) is 23.1. The summed E-state index contributed by atoms with van der Waals surface area (Å²) in [6, 6.07) is 19.3. The van der Waals surface area contributed by atoms with Crippen molar-refractivity contribution in [2.24, 2.45) is 0 Å². The van der Waals surface area contributed by atoms with E-state index in [2.05, 4.69) is 5.32 Å². The number of ether oxygens (including phenoxy) is 2. The van der Waals surface area contributed by atoms with E-state index in [4.69, 9.17) is 14.6 Å². The lowest BCUT2D eigenvalue weighted by molar-refractivity contribution is -0.138. The van der Waals surface area contributed by atoms with Crippen LogP contribution >= 0.6 is 0 Å². The normalized spacial score (nSPS) is 19.5. The monoisotopic (exact) mass is 355 g/mol. The number of hydrogen-bond acceptors (Lipinski definition) is 4. The Labute approximate surface area is 151 Å². The smallest absolute Gasteiger partial charge is 0.336 e. The Morgan fingerprint density at radius 3 is 2.19 bits per heavy atom. The number of rotatable bonds is 9. The summed E-state index contributed by atoms with van der Waals surface area (Å²) in [7, 11) is 0. The maximum atomic E-state index is 12.2. The molecule has 26 heavy (non-hydrogen) atoms. The van der Waals surface area contributed by atoms with Gasteiger partial charge in [-0.3, -0.25) is 4.79 Å². The van der Waals surface area contributed by atoms with Gasteiger partial charge >= 0.3 is 5.97 Å². The zero-order valence-corrected chi connectivity index (χ0v) is 14.2. The van der Waals surface area contributed by atoms with Crippen molar-refractivity contribution in [1.29, 1.82) is 0 Å². The van der Waals surface area contributed by atoms with E-state index in [1.165, 1.54) is 0 Å². The largest absolute Gasteiger partial charge is 0.479 e. The number of hydrogen-bond donors (Lipinski definition) is 2. The molecule has 6 nitrogen and oxygen atoms in total. The molecule has 1 heterocycles. The number of nitrogens with one attached hydrogen (secondary N) is 1. The van der Waals surface area contributed by atoms with Crippen LogP contribution in [0.2, 0.25) is 0 Å². The van der Waals surface area contributed by atoms with Gasteiger partial charge in [-0.1, -0.05) is 60.7 Å². The molecule has 2 aromatic carbocycles. The van der Waals surface area contributed by atoms with Crippen molar-refractivity contribution in [2.75, 3.05) is 6.61 Å². The molecule has 6 heteroatoms. The van der Waals surface area contributed by atoms with E-state index < -0.39 is 24.1 Å². The first kappa shape index (κ1) is 18.1. The minimum atomic E-state index is -1.12. The Hall–Kier alpha value is -2.70. The molecule has 1 aliphatic heterocycles. The lowest BCUT2D eigenvalue weighted by Crippen LogP contribution is -2.42. The van der Waals surface area contributed by atoms with Crippen LogP contribution in [0.25, 0.3) is 0 Å². The molecular weight excluding hydrogens is 334 g/mol. The lowest BCUT2D eigenvalue weighted by Gasteiger charge is -2.19. The predicted octanol–water partition coefficient (Wildman–Crippen LogP) is 1.78. The minimum Gasteiger partial charge on any atom is -0.479 e. The van der Waals surface area contributed by atoms with E-state index in [1.807, 2.05) is 60.7 Å². The summed E-state index contributed by atoms with van der Waals surface area (Å²) in [6.07, 6.45) is -1.37. The van der Waals surface area contributed by atoms with Crippen LogP contribution in [-0.4, -0.2) is 41.8 Å². The molecule has 0 aromatic heterocycles. The highest BCUT2D eigenvalue weighted by molar-refractivity contribution is 5.92. The van der Waals surface area contributed by atoms with Crippen molar-refractivity contribution in [3.63, 3.8) is 0 Å². The third-order valence-electron chi connectivity index (χ3n) is 4.10. The van der Waals surface area contributed by atoms with Gasteiger partial charge < -0.3 is 19.9 Å². The van der Waals surface area contributed by atoms with Gasteiger partial charge in [0.15, 0.2) is 12.2 Å². The number of carbonyl (C=O) groups excluding carboxylic acids is 1. The Bertz CT molecular complexity index is 734. The Balaban J connectivity index is 1.56. The van der Waals surface area contributed by atoms with Crippen molar-refractivity contribution < 1.29 is 24.2 Å². The molecule has 2 N–H and O–H groups in total. The number of benzene rings is 2. The number of epoxide rings is 1. The fourth-order valence-electron chi connectivity index (χ4n) is 2.73. The molecule has 1 saturated heterocycles. The average Bonchev–Trinajstić information content (AvgIpc) is 3.45. The summed E-state index contributed by atoms with van der Waals surface area (Å²) in [5.74, 6) is -1.54. The van der Waals surface area contributed by atoms with E-state index in [-0.39, 0.29) is 6.04 Å². The van der Waals surface area contributed by atoms with Crippen molar-refractivity contribution in [3.05, 3.63) is 71.8 Å². The third-order valence-corrected chi connectivity index (χ3v) is 4.10. The molecule has 0 bridgehead atoms. The fourth-order valence-corrected chi connectivity index (χ4v) is 2.73. The number of amides is 1. The standard InChI is InChI=1S/C20H21NO5/c22-19(17-18(26-17)20(23)24)21-16(11-14-7-3-1-4-8-14)13-25-12-15-9-5-2-6-10-15/h1-10,16-18H,11-13H2,(H,21,22)(H,23,24)/t16?,17-,18-/m0/s1. The second-order valence-electron chi connectivity index (χ2n) is 6.21. The topological polar surface area (TPSA) is 88.2 Å². The predicted molar refractivity (Wildman–Crippen MR) is 94.5 cm³/mol. The second kappa shape index (κ2) is 8.60. The van der Waals surface area contributed by atoms with Gasteiger partial charge in [-0.25, -0.2) is 4.79 Å². The summed E-state index contributed by atoms with van der Waals surface area (Å²) < 4.78 is 10.7. The number of carboxylic acid groups (broad SMARTS) is 1. The first-order valence-electron chi connectivity index (χ1n) is 8.47. The Morgan fingerprint density at radius 2 is 1.62 bits per heavy atom. The highest BCUT2D eigenvalue weighted by Crippen LogP contribution is 2.22. The maximum absolute atomic E-state index is 12.2. The van der Waals surface area contributed by atoms with E-state index in [1.54, 1.807) is 0 Å². The van der Waals surface area contributed by atoms with Crippen molar-refractivity contribution in [2.45, 2.75) is 31.3 Å². The molecular formula is C20H21NO5. The summed E-state index contributed by atoms with van der Waals surface area (Å²) in [5, 5.41) is 11.7. The zero-order chi connectivity index (χ0) is 18.4. The van der Waals surface area contributed by atoms with Crippen LogP contribution in [0.3, 0.4) is 0 Å². The van der Waals surface area contributed by atoms with E-state index in [0.29, 0.717) is 19.6 Å². The first-order valence-corrected chi connectivity index (χ1v) is 8.47. The third kappa shape index (κ3) is 5.15. The minimum absolute atomic E-state index is 0.271. The maximum Gasteiger partial charge on any atom is 0.336 e. The van der Waals surface area contributed by atoms with Crippen LogP contribution in [0.5, 0.6) is 0 Å². The van der Waals surface area contributed by atoms with E-state index in [9.17, 15) is 9.59 Å². The Kier molecular flexibility index (Phi) is 5.99. The molecule has 3 atom stereocenters. The molecule has 1 unspecified atom stereocenters. The van der Waals surface area contributed by atoms with Gasteiger partial charge in [0, 0.05) is 0 Å². The molecule has 0 aliphatic carbocycles. The average molecular weight is 355 g/mol. The van der Waals surface area contributed by atoms with Crippen LogP contribution < -0.4 is 5.32 Å². The highest BCUT2D eigenvalue weighted by Gasteiger charge is 2.51. The molecule has 1 fully saturated rings. The van der Waals surface area contributed by atoms with Crippen LogP contribution in [0.15, 0.2) is 60.7 Å². The molecule has 3 rings (SSSR count). The lowest BCUT2D eigenvalue weighted by atomic mass is 10.1. The van der Waals surface area contributed by atoms with Gasteiger partial charge in [-0.2, -0.15) is 0 Å². The number of carbonyl (C=O) groups is 2. The molecule has 0 spiro atoms. The van der Waals surface area contributed by atoms with Crippen molar-refractivity contribution >= 4 is 11.9 Å².